The van der Waals surface area contributed by atoms with Gasteiger partial charge >= 0.3 is 0 Å². The Morgan fingerprint density at radius 1 is 1.38 bits per heavy atom. The molecule has 0 amide bonds. The van der Waals surface area contributed by atoms with E-state index in [9.17, 15) is 0 Å². The Hall–Kier alpha value is -0.900. The molecule has 0 spiro atoms. The third-order valence-corrected chi connectivity index (χ3v) is 2.16. The fourth-order valence-corrected chi connectivity index (χ4v) is 1.46. The van der Waals surface area contributed by atoms with Gasteiger partial charge < -0.3 is 5.73 Å². The summed E-state index contributed by atoms with van der Waals surface area (Å²) in [4.78, 5) is 3.94. The first-order valence-corrected chi connectivity index (χ1v) is 4.71. The predicted octanol–water partition coefficient (Wildman–Crippen LogP) is 1.21. The van der Waals surface area contributed by atoms with E-state index >= 15 is 0 Å². The van der Waals surface area contributed by atoms with E-state index in [0.717, 1.165) is 6.42 Å². The van der Waals surface area contributed by atoms with E-state index < -0.39 is 0 Å². The van der Waals surface area contributed by atoms with E-state index in [2.05, 4.69) is 23.9 Å². The minimum atomic E-state index is 0.205. The van der Waals surface area contributed by atoms with Crippen LogP contribution in [0.25, 0.3) is 0 Å². The van der Waals surface area contributed by atoms with Crippen LogP contribution in [0, 0.1) is 5.92 Å². The first-order chi connectivity index (χ1) is 6.11. The average Bonchev–Trinajstić information content (AvgIpc) is 2.50. The normalized spacial score (nSPS) is 16.1. The highest BCUT2D eigenvalue weighted by Crippen LogP contribution is 2.20. The fraction of sp³-hybridized carbons (Fsp3) is 0.778. The van der Waals surface area contributed by atoms with Crippen molar-refractivity contribution in [1.82, 2.24) is 14.8 Å². The lowest BCUT2D eigenvalue weighted by molar-refractivity contribution is 0.309. The van der Waals surface area contributed by atoms with Gasteiger partial charge in [0.25, 0.3) is 0 Å². The van der Waals surface area contributed by atoms with Gasteiger partial charge in [-0.25, -0.2) is 9.67 Å². The zero-order valence-corrected chi connectivity index (χ0v) is 8.51. The molecule has 1 aromatic rings. The Morgan fingerprint density at radius 2 is 2.08 bits per heavy atom. The standard InChI is InChI=1S/C9H18N4/c1-7(2)9(4-8(3)10)13-6-11-5-12-13/h5-9H,4,10H2,1-3H3. The van der Waals surface area contributed by atoms with Crippen molar-refractivity contribution in [3.8, 4) is 0 Å². The molecular weight excluding hydrogens is 164 g/mol. The van der Waals surface area contributed by atoms with Crippen molar-refractivity contribution < 1.29 is 0 Å². The highest BCUT2D eigenvalue weighted by Gasteiger charge is 2.17. The smallest absolute Gasteiger partial charge is 0.137 e. The summed E-state index contributed by atoms with van der Waals surface area (Å²) in [6.45, 7) is 6.37. The molecule has 0 fully saturated rings. The zero-order chi connectivity index (χ0) is 9.84. The van der Waals surface area contributed by atoms with Gasteiger partial charge in [-0.15, -0.1) is 0 Å². The van der Waals surface area contributed by atoms with Crippen molar-refractivity contribution in [3.05, 3.63) is 12.7 Å². The van der Waals surface area contributed by atoms with Gasteiger partial charge in [0, 0.05) is 6.04 Å². The van der Waals surface area contributed by atoms with Crippen molar-refractivity contribution in [2.45, 2.75) is 39.3 Å². The van der Waals surface area contributed by atoms with Crippen molar-refractivity contribution in [1.29, 1.82) is 0 Å². The molecule has 4 nitrogen and oxygen atoms in total. The van der Waals surface area contributed by atoms with Crippen LogP contribution in [-0.4, -0.2) is 20.8 Å². The van der Waals surface area contributed by atoms with Gasteiger partial charge in [-0.3, -0.25) is 0 Å². The maximum atomic E-state index is 5.78. The Morgan fingerprint density at radius 3 is 2.46 bits per heavy atom. The summed E-state index contributed by atoms with van der Waals surface area (Å²) in [5, 5.41) is 4.14. The molecule has 2 N–H and O–H groups in total. The van der Waals surface area contributed by atoms with Crippen molar-refractivity contribution in [3.63, 3.8) is 0 Å². The van der Waals surface area contributed by atoms with Crippen LogP contribution >= 0.6 is 0 Å². The quantitative estimate of drug-likeness (QED) is 0.761. The number of aromatic nitrogens is 3. The summed E-state index contributed by atoms with van der Waals surface area (Å²) in [5.74, 6) is 0.535. The Labute approximate surface area is 79.2 Å². The third-order valence-electron chi connectivity index (χ3n) is 2.16. The lowest BCUT2D eigenvalue weighted by Crippen LogP contribution is -2.25. The van der Waals surface area contributed by atoms with Crippen LogP contribution in [0.4, 0.5) is 0 Å². The second-order valence-electron chi connectivity index (χ2n) is 3.90. The Kier molecular flexibility index (Phi) is 3.42. The van der Waals surface area contributed by atoms with Gasteiger partial charge in [0.05, 0.1) is 6.04 Å². The van der Waals surface area contributed by atoms with Gasteiger partial charge in [-0.05, 0) is 19.3 Å². The van der Waals surface area contributed by atoms with Crippen LogP contribution in [0.15, 0.2) is 12.7 Å². The summed E-state index contributed by atoms with van der Waals surface area (Å²) >= 11 is 0. The molecule has 13 heavy (non-hydrogen) atoms. The molecule has 1 heterocycles. The molecule has 74 valence electrons. The Balaban J connectivity index is 2.69. The van der Waals surface area contributed by atoms with Crippen molar-refractivity contribution in [2.24, 2.45) is 11.7 Å². The number of nitrogens with two attached hydrogens (primary N) is 1. The summed E-state index contributed by atoms with van der Waals surface area (Å²) in [6, 6.07) is 0.569. The molecule has 0 saturated heterocycles. The molecular formula is C9H18N4. The maximum absolute atomic E-state index is 5.78. The zero-order valence-electron chi connectivity index (χ0n) is 8.51. The lowest BCUT2D eigenvalue weighted by atomic mass is 9.98. The summed E-state index contributed by atoms with van der Waals surface area (Å²) in [7, 11) is 0. The summed E-state index contributed by atoms with van der Waals surface area (Å²) < 4.78 is 1.90. The predicted molar refractivity (Wildman–Crippen MR) is 52.2 cm³/mol. The molecule has 0 saturated carbocycles. The summed E-state index contributed by atoms with van der Waals surface area (Å²) in [6.07, 6.45) is 4.27. The van der Waals surface area contributed by atoms with E-state index in [1.165, 1.54) is 0 Å². The van der Waals surface area contributed by atoms with E-state index in [4.69, 9.17) is 5.73 Å². The first kappa shape index (κ1) is 10.2. The van der Waals surface area contributed by atoms with Gasteiger partial charge in [0.1, 0.15) is 12.7 Å². The molecule has 0 radical (unpaired) electrons. The first-order valence-electron chi connectivity index (χ1n) is 4.71. The van der Waals surface area contributed by atoms with E-state index in [1.807, 2.05) is 11.6 Å². The molecule has 1 rings (SSSR count). The number of hydrogen-bond donors (Lipinski definition) is 1. The molecule has 0 aliphatic heterocycles. The van der Waals surface area contributed by atoms with Crippen molar-refractivity contribution in [2.75, 3.05) is 0 Å². The second-order valence-corrected chi connectivity index (χ2v) is 3.90. The molecule has 0 aliphatic rings. The minimum absolute atomic E-state index is 0.205. The summed E-state index contributed by atoms with van der Waals surface area (Å²) in [5.41, 5.74) is 5.78. The van der Waals surface area contributed by atoms with Gasteiger partial charge in [-0.1, -0.05) is 13.8 Å². The SMILES string of the molecule is CC(N)CC(C(C)C)n1cncn1. The lowest BCUT2D eigenvalue weighted by Gasteiger charge is -2.22. The largest absolute Gasteiger partial charge is 0.328 e. The van der Waals surface area contributed by atoms with Crippen LogP contribution in [0.1, 0.15) is 33.2 Å². The van der Waals surface area contributed by atoms with E-state index in [1.54, 1.807) is 12.7 Å². The molecule has 1 aromatic heterocycles. The van der Waals surface area contributed by atoms with Crippen LogP contribution in [0.2, 0.25) is 0 Å². The van der Waals surface area contributed by atoms with Crippen LogP contribution in [-0.2, 0) is 0 Å². The van der Waals surface area contributed by atoms with E-state index in [-0.39, 0.29) is 6.04 Å². The highest BCUT2D eigenvalue weighted by atomic mass is 15.3. The van der Waals surface area contributed by atoms with Crippen LogP contribution in [0.5, 0.6) is 0 Å². The molecule has 4 heteroatoms. The number of nitrogens with zero attached hydrogens (tertiary/aromatic N) is 3. The topological polar surface area (TPSA) is 56.7 Å². The van der Waals surface area contributed by atoms with Gasteiger partial charge in [-0.2, -0.15) is 5.10 Å². The minimum Gasteiger partial charge on any atom is -0.328 e. The number of rotatable bonds is 4. The Bertz CT molecular complexity index is 228. The van der Waals surface area contributed by atoms with E-state index in [0.29, 0.717) is 12.0 Å². The maximum Gasteiger partial charge on any atom is 0.137 e. The highest BCUT2D eigenvalue weighted by molar-refractivity contribution is 4.74. The fourth-order valence-electron chi connectivity index (χ4n) is 1.46. The molecule has 2 atom stereocenters. The molecule has 0 aromatic carbocycles. The van der Waals surface area contributed by atoms with Crippen LogP contribution < -0.4 is 5.73 Å². The van der Waals surface area contributed by atoms with Gasteiger partial charge in [0.2, 0.25) is 0 Å². The van der Waals surface area contributed by atoms with Crippen molar-refractivity contribution >= 4 is 0 Å². The molecule has 0 aliphatic carbocycles. The number of hydrogen-bond acceptors (Lipinski definition) is 3. The van der Waals surface area contributed by atoms with Crippen LogP contribution in [0.3, 0.4) is 0 Å². The second kappa shape index (κ2) is 4.37. The average molecular weight is 182 g/mol. The van der Waals surface area contributed by atoms with Gasteiger partial charge in [0.15, 0.2) is 0 Å². The third kappa shape index (κ3) is 2.81. The molecule has 2 unspecified atom stereocenters. The monoisotopic (exact) mass is 182 g/mol. The molecule has 0 bridgehead atoms.